The summed E-state index contributed by atoms with van der Waals surface area (Å²) in [5.74, 6) is -0.0427. The highest BCUT2D eigenvalue weighted by molar-refractivity contribution is 5.78. The Morgan fingerprint density at radius 3 is 2.37 bits per heavy atom. The van der Waals surface area contributed by atoms with Crippen LogP contribution in [0.4, 0.5) is 4.79 Å². The minimum atomic E-state index is -0.497. The number of amides is 2. The fourth-order valence-corrected chi connectivity index (χ4v) is 2.03. The number of hydrogen-bond acceptors (Lipinski definition) is 4. The minimum Gasteiger partial charge on any atom is -0.444 e. The molecule has 110 valence electrons. The second kappa shape index (κ2) is 6.23. The van der Waals surface area contributed by atoms with Crippen molar-refractivity contribution < 1.29 is 19.1 Å². The average molecular weight is 272 g/mol. The van der Waals surface area contributed by atoms with E-state index >= 15 is 0 Å². The Balaban J connectivity index is 2.54. The molecule has 1 unspecified atom stereocenters. The Morgan fingerprint density at radius 1 is 1.26 bits per heavy atom. The van der Waals surface area contributed by atoms with E-state index in [-0.39, 0.29) is 24.6 Å². The molecule has 0 radical (unpaired) electrons. The fraction of sp³-hybridized carbons (Fsp3) is 0.846. The van der Waals surface area contributed by atoms with Gasteiger partial charge in [0.1, 0.15) is 12.2 Å². The number of hydrogen-bond donors (Lipinski definition) is 0. The number of rotatable bonds is 2. The van der Waals surface area contributed by atoms with E-state index in [1.54, 1.807) is 9.80 Å². The SMILES string of the molecule is COCC(=O)N1CCN(C(=O)OC(C)(C)C)CC1C. The molecule has 1 aliphatic rings. The quantitative estimate of drug-likeness (QED) is 0.755. The standard InChI is InChI=1S/C13H24N2O4/c1-10-8-14(12(17)19-13(2,3)4)6-7-15(10)11(16)9-18-5/h10H,6-9H2,1-5H3. The van der Waals surface area contributed by atoms with Crippen molar-refractivity contribution in [3.05, 3.63) is 0 Å². The molecule has 1 aliphatic heterocycles. The van der Waals surface area contributed by atoms with E-state index in [1.165, 1.54) is 7.11 Å². The number of piperazine rings is 1. The third kappa shape index (κ3) is 4.70. The van der Waals surface area contributed by atoms with E-state index in [9.17, 15) is 9.59 Å². The lowest BCUT2D eigenvalue weighted by atomic mass is 10.2. The summed E-state index contributed by atoms with van der Waals surface area (Å²) in [6.45, 7) is 9.02. The highest BCUT2D eigenvalue weighted by Gasteiger charge is 2.31. The number of carbonyl (C=O) groups is 2. The van der Waals surface area contributed by atoms with Gasteiger partial charge in [-0.25, -0.2) is 4.79 Å². The molecule has 0 aliphatic carbocycles. The lowest BCUT2D eigenvalue weighted by molar-refractivity contribution is -0.139. The molecule has 0 N–H and O–H groups in total. The van der Waals surface area contributed by atoms with Crippen molar-refractivity contribution in [1.29, 1.82) is 0 Å². The van der Waals surface area contributed by atoms with Gasteiger partial charge >= 0.3 is 6.09 Å². The van der Waals surface area contributed by atoms with Crippen LogP contribution in [0.25, 0.3) is 0 Å². The minimum absolute atomic E-state index is 0.0241. The van der Waals surface area contributed by atoms with Gasteiger partial charge in [-0.3, -0.25) is 4.79 Å². The van der Waals surface area contributed by atoms with Crippen molar-refractivity contribution in [2.24, 2.45) is 0 Å². The van der Waals surface area contributed by atoms with Gasteiger partial charge in [-0.2, -0.15) is 0 Å². The third-order valence-corrected chi connectivity index (χ3v) is 2.87. The zero-order valence-corrected chi connectivity index (χ0v) is 12.4. The fourth-order valence-electron chi connectivity index (χ4n) is 2.03. The highest BCUT2D eigenvalue weighted by Crippen LogP contribution is 2.15. The van der Waals surface area contributed by atoms with Crippen LogP contribution in [0.2, 0.25) is 0 Å². The Morgan fingerprint density at radius 2 is 1.89 bits per heavy atom. The number of ether oxygens (including phenoxy) is 2. The van der Waals surface area contributed by atoms with Gasteiger partial charge in [-0.05, 0) is 27.7 Å². The Kier molecular flexibility index (Phi) is 5.17. The van der Waals surface area contributed by atoms with E-state index in [2.05, 4.69) is 0 Å². The molecule has 2 amide bonds. The predicted octanol–water partition coefficient (Wildman–Crippen LogP) is 1.10. The summed E-state index contributed by atoms with van der Waals surface area (Å²) in [7, 11) is 1.50. The zero-order valence-electron chi connectivity index (χ0n) is 12.4. The van der Waals surface area contributed by atoms with Gasteiger partial charge in [0.2, 0.25) is 5.91 Å². The molecule has 1 rings (SSSR count). The Labute approximate surface area is 114 Å². The molecule has 0 bridgehead atoms. The topological polar surface area (TPSA) is 59.1 Å². The highest BCUT2D eigenvalue weighted by atomic mass is 16.6. The summed E-state index contributed by atoms with van der Waals surface area (Å²) in [6, 6.07) is -0.0241. The van der Waals surface area contributed by atoms with Crippen molar-refractivity contribution in [3.63, 3.8) is 0 Å². The number of carbonyl (C=O) groups excluding carboxylic acids is 2. The van der Waals surface area contributed by atoms with E-state index < -0.39 is 5.60 Å². The number of methoxy groups -OCH3 is 1. The lowest BCUT2D eigenvalue weighted by Gasteiger charge is -2.40. The van der Waals surface area contributed by atoms with Gasteiger partial charge < -0.3 is 19.3 Å². The smallest absolute Gasteiger partial charge is 0.410 e. The van der Waals surface area contributed by atoms with Crippen LogP contribution >= 0.6 is 0 Å². The molecule has 0 spiro atoms. The van der Waals surface area contributed by atoms with Crippen LogP contribution in [-0.4, -0.2) is 66.8 Å². The van der Waals surface area contributed by atoms with Gasteiger partial charge in [-0.15, -0.1) is 0 Å². The molecule has 0 aromatic heterocycles. The van der Waals surface area contributed by atoms with Gasteiger partial charge in [0.25, 0.3) is 0 Å². The molecular weight excluding hydrogens is 248 g/mol. The van der Waals surface area contributed by atoms with Crippen LogP contribution in [0, 0.1) is 0 Å². The van der Waals surface area contributed by atoms with E-state index in [0.29, 0.717) is 19.6 Å². The summed E-state index contributed by atoms with van der Waals surface area (Å²) in [4.78, 5) is 27.1. The first kappa shape index (κ1) is 15.8. The predicted molar refractivity (Wildman–Crippen MR) is 70.9 cm³/mol. The van der Waals surface area contributed by atoms with E-state index in [0.717, 1.165) is 0 Å². The first-order valence-corrected chi connectivity index (χ1v) is 6.51. The summed E-state index contributed by atoms with van der Waals surface area (Å²) < 4.78 is 10.2. The van der Waals surface area contributed by atoms with Gasteiger partial charge in [0.15, 0.2) is 0 Å². The van der Waals surface area contributed by atoms with Crippen molar-refractivity contribution in [1.82, 2.24) is 9.80 Å². The van der Waals surface area contributed by atoms with Crippen molar-refractivity contribution in [2.45, 2.75) is 39.3 Å². The first-order valence-electron chi connectivity index (χ1n) is 6.51. The molecule has 1 atom stereocenters. The van der Waals surface area contributed by atoms with Crippen molar-refractivity contribution in [2.75, 3.05) is 33.4 Å². The van der Waals surface area contributed by atoms with Crippen molar-refractivity contribution >= 4 is 12.0 Å². The molecule has 0 saturated carbocycles. The second-order valence-corrected chi connectivity index (χ2v) is 5.80. The van der Waals surface area contributed by atoms with Crippen LogP contribution in [0.15, 0.2) is 0 Å². The Hall–Kier alpha value is -1.30. The van der Waals surface area contributed by atoms with E-state index in [1.807, 2.05) is 27.7 Å². The maximum atomic E-state index is 11.9. The van der Waals surface area contributed by atoms with E-state index in [4.69, 9.17) is 9.47 Å². The molecule has 0 aromatic carbocycles. The van der Waals surface area contributed by atoms with Gasteiger partial charge in [0, 0.05) is 32.8 Å². The molecular formula is C13H24N2O4. The van der Waals surface area contributed by atoms with Gasteiger partial charge in [-0.1, -0.05) is 0 Å². The van der Waals surface area contributed by atoms with Crippen LogP contribution in [-0.2, 0) is 14.3 Å². The monoisotopic (exact) mass is 272 g/mol. The molecule has 19 heavy (non-hydrogen) atoms. The summed E-state index contributed by atoms with van der Waals surface area (Å²) in [5.41, 5.74) is -0.497. The lowest BCUT2D eigenvalue weighted by Crippen LogP contribution is -2.56. The van der Waals surface area contributed by atoms with Crippen molar-refractivity contribution in [3.8, 4) is 0 Å². The van der Waals surface area contributed by atoms with Crippen LogP contribution < -0.4 is 0 Å². The molecule has 1 saturated heterocycles. The summed E-state index contributed by atoms with van der Waals surface area (Å²) >= 11 is 0. The largest absolute Gasteiger partial charge is 0.444 e. The molecule has 1 heterocycles. The molecule has 6 nitrogen and oxygen atoms in total. The molecule has 0 aromatic rings. The third-order valence-electron chi connectivity index (χ3n) is 2.87. The molecule has 6 heteroatoms. The Bertz CT molecular complexity index is 338. The first-order chi connectivity index (χ1) is 8.74. The summed E-state index contributed by atoms with van der Waals surface area (Å²) in [6.07, 6.45) is -0.321. The average Bonchev–Trinajstić information content (AvgIpc) is 2.26. The summed E-state index contributed by atoms with van der Waals surface area (Å²) in [5, 5.41) is 0. The zero-order chi connectivity index (χ0) is 14.6. The van der Waals surface area contributed by atoms with Gasteiger partial charge in [0.05, 0.1) is 0 Å². The number of nitrogens with zero attached hydrogens (tertiary/aromatic N) is 2. The maximum absolute atomic E-state index is 11.9. The van der Waals surface area contributed by atoms with Crippen LogP contribution in [0.5, 0.6) is 0 Å². The maximum Gasteiger partial charge on any atom is 0.410 e. The molecule has 1 fully saturated rings. The second-order valence-electron chi connectivity index (χ2n) is 5.80. The normalized spacial score (nSPS) is 20.4. The van der Waals surface area contributed by atoms with Crippen LogP contribution in [0.3, 0.4) is 0 Å². The van der Waals surface area contributed by atoms with Crippen LogP contribution in [0.1, 0.15) is 27.7 Å².